The summed E-state index contributed by atoms with van der Waals surface area (Å²) in [5.74, 6) is -0.240. The highest BCUT2D eigenvalue weighted by Gasteiger charge is 2.15. The van der Waals surface area contributed by atoms with E-state index < -0.39 is 0 Å². The van der Waals surface area contributed by atoms with Gasteiger partial charge in [-0.3, -0.25) is 5.43 Å². The smallest absolute Gasteiger partial charge is 0.192 e. The second-order valence-corrected chi connectivity index (χ2v) is 7.47. The summed E-state index contributed by atoms with van der Waals surface area (Å²) in [4.78, 5) is 4.33. The van der Waals surface area contributed by atoms with Gasteiger partial charge in [-0.15, -0.1) is 0 Å². The fourth-order valence-electron chi connectivity index (χ4n) is 2.93. The molecule has 4 N–H and O–H groups in total. The van der Waals surface area contributed by atoms with Crippen molar-refractivity contribution in [2.24, 2.45) is 4.99 Å². The number of hydrazine groups is 1. The Bertz CT molecular complexity index is 976. The molecule has 0 aliphatic heterocycles. The molecule has 0 aliphatic rings. The molecule has 6 nitrogen and oxygen atoms in total. The predicted octanol–water partition coefficient (Wildman–Crippen LogP) is 3.20. The maximum absolute atomic E-state index is 13.2. The van der Waals surface area contributed by atoms with Gasteiger partial charge in [-0.25, -0.2) is 9.38 Å². The Morgan fingerprint density at radius 2 is 1.77 bits per heavy atom. The fourth-order valence-corrected chi connectivity index (χ4v) is 3.03. The third kappa shape index (κ3) is 6.11. The molecule has 0 amide bonds. The van der Waals surface area contributed by atoms with Gasteiger partial charge in [0.25, 0.3) is 0 Å². The number of aryl methyl sites for hydroxylation is 1. The molecule has 0 radical (unpaired) electrons. The first-order chi connectivity index (χ1) is 14.3. The van der Waals surface area contributed by atoms with Gasteiger partial charge < -0.3 is 20.6 Å². The zero-order chi connectivity index (χ0) is 22.3. The molecule has 2 rings (SSSR count). The lowest BCUT2D eigenvalue weighted by Crippen LogP contribution is -2.41. The minimum atomic E-state index is -0.240. The molecule has 2 aromatic rings. The summed E-state index contributed by atoms with van der Waals surface area (Å²) in [5, 5.41) is 6.56. The van der Waals surface area contributed by atoms with Crippen molar-refractivity contribution in [1.82, 2.24) is 26.1 Å². The van der Waals surface area contributed by atoms with Gasteiger partial charge in [0, 0.05) is 55.1 Å². The summed E-state index contributed by atoms with van der Waals surface area (Å²) in [6, 6.07) is 8.65. The van der Waals surface area contributed by atoms with Crippen LogP contribution in [0.5, 0.6) is 0 Å². The lowest BCUT2D eigenvalue weighted by molar-refractivity contribution is 0.626. The summed E-state index contributed by atoms with van der Waals surface area (Å²) < 4.78 is 15.4. The standard InChI is InChI=1S/C21H27FN6S2/c1-13-10-18(15(3)28(13)12-16-6-8-17(22)9-7-16)19(11-25-20(29)23-4)14(2)26-27-21(30)24-5/h6-11,26H,12H2,1-5H3,(H,23,29)(H2,24,27,30)/b19-14+,25-11+. The maximum Gasteiger partial charge on any atom is 0.192 e. The minimum absolute atomic E-state index is 0.240. The van der Waals surface area contributed by atoms with Crippen LogP contribution in [0.4, 0.5) is 4.39 Å². The summed E-state index contributed by atoms with van der Waals surface area (Å²) in [5.41, 5.74) is 11.9. The molecular weight excluding hydrogens is 419 g/mol. The first-order valence-corrected chi connectivity index (χ1v) is 10.2. The highest BCUT2D eigenvalue weighted by molar-refractivity contribution is 7.80. The Labute approximate surface area is 187 Å². The number of thiocarbonyl (C=S) groups is 2. The zero-order valence-electron chi connectivity index (χ0n) is 17.8. The summed E-state index contributed by atoms with van der Waals surface area (Å²) in [6.45, 7) is 6.67. The van der Waals surface area contributed by atoms with E-state index in [0.717, 1.165) is 33.8 Å². The largest absolute Gasteiger partial charge is 0.364 e. The molecule has 0 unspecified atom stereocenters. The van der Waals surface area contributed by atoms with Crippen LogP contribution in [-0.4, -0.2) is 35.1 Å². The maximum atomic E-state index is 13.2. The van der Waals surface area contributed by atoms with Crippen LogP contribution in [0.3, 0.4) is 0 Å². The second-order valence-electron chi connectivity index (χ2n) is 6.68. The van der Waals surface area contributed by atoms with Crippen LogP contribution in [0, 0.1) is 19.7 Å². The Morgan fingerprint density at radius 3 is 2.37 bits per heavy atom. The molecule has 0 spiro atoms. The Kier molecular flexibility index (Phi) is 8.49. The van der Waals surface area contributed by atoms with Crippen LogP contribution in [0.15, 0.2) is 41.0 Å². The predicted molar refractivity (Wildman–Crippen MR) is 130 cm³/mol. The van der Waals surface area contributed by atoms with Crippen molar-refractivity contribution in [3.05, 3.63) is 64.4 Å². The van der Waals surface area contributed by atoms with E-state index in [0.29, 0.717) is 16.8 Å². The highest BCUT2D eigenvalue weighted by atomic mass is 32.1. The number of hydrogen-bond donors (Lipinski definition) is 4. The van der Waals surface area contributed by atoms with Crippen molar-refractivity contribution in [2.75, 3.05) is 14.1 Å². The zero-order valence-corrected chi connectivity index (χ0v) is 19.4. The van der Waals surface area contributed by atoms with Crippen molar-refractivity contribution < 1.29 is 4.39 Å². The highest BCUT2D eigenvalue weighted by Crippen LogP contribution is 2.25. The minimum Gasteiger partial charge on any atom is -0.364 e. The molecule has 9 heteroatoms. The van der Waals surface area contributed by atoms with Gasteiger partial charge >= 0.3 is 0 Å². The monoisotopic (exact) mass is 446 g/mol. The summed E-state index contributed by atoms with van der Waals surface area (Å²) in [7, 11) is 3.47. The molecule has 1 aromatic carbocycles. The number of hydrogen-bond acceptors (Lipinski definition) is 3. The van der Waals surface area contributed by atoms with E-state index in [4.69, 9.17) is 24.4 Å². The summed E-state index contributed by atoms with van der Waals surface area (Å²) in [6.07, 6.45) is 1.73. The van der Waals surface area contributed by atoms with Crippen LogP contribution < -0.4 is 21.5 Å². The normalized spacial score (nSPS) is 11.8. The number of benzene rings is 1. The second kappa shape index (κ2) is 10.8. The van der Waals surface area contributed by atoms with Gasteiger partial charge in [-0.2, -0.15) is 0 Å². The number of aromatic nitrogens is 1. The van der Waals surface area contributed by atoms with E-state index >= 15 is 0 Å². The number of rotatable bonds is 6. The summed E-state index contributed by atoms with van der Waals surface area (Å²) >= 11 is 10.3. The van der Waals surface area contributed by atoms with Crippen molar-refractivity contribution >= 4 is 46.4 Å². The Hall–Kier alpha value is -2.78. The molecule has 0 bridgehead atoms. The molecule has 160 valence electrons. The molecule has 0 saturated heterocycles. The van der Waals surface area contributed by atoms with E-state index in [1.54, 1.807) is 32.4 Å². The number of allylic oxidation sites excluding steroid dienone is 2. The first kappa shape index (κ1) is 23.5. The van der Waals surface area contributed by atoms with Crippen molar-refractivity contribution in [2.45, 2.75) is 27.3 Å². The third-order valence-corrected chi connectivity index (χ3v) is 5.25. The van der Waals surface area contributed by atoms with Crippen molar-refractivity contribution in [3.8, 4) is 0 Å². The van der Waals surface area contributed by atoms with Crippen molar-refractivity contribution in [3.63, 3.8) is 0 Å². The lowest BCUT2D eigenvalue weighted by atomic mass is 10.1. The topological polar surface area (TPSA) is 65.4 Å². The number of nitrogens with zero attached hydrogens (tertiary/aromatic N) is 2. The average molecular weight is 447 g/mol. The molecule has 1 aromatic heterocycles. The number of halogens is 1. The van der Waals surface area contributed by atoms with Gasteiger partial charge in [0.15, 0.2) is 10.2 Å². The van der Waals surface area contributed by atoms with Crippen LogP contribution >= 0.6 is 24.4 Å². The van der Waals surface area contributed by atoms with Crippen LogP contribution in [-0.2, 0) is 6.54 Å². The van der Waals surface area contributed by atoms with Crippen LogP contribution in [0.1, 0.15) is 29.4 Å². The molecular formula is C21H27FN6S2. The molecule has 30 heavy (non-hydrogen) atoms. The van der Waals surface area contributed by atoms with Gasteiger partial charge in [-0.05, 0) is 69.0 Å². The third-order valence-electron chi connectivity index (χ3n) is 4.64. The van der Waals surface area contributed by atoms with Crippen LogP contribution in [0.2, 0.25) is 0 Å². The van der Waals surface area contributed by atoms with Gasteiger partial charge in [0.05, 0.1) is 0 Å². The Morgan fingerprint density at radius 1 is 1.10 bits per heavy atom. The van der Waals surface area contributed by atoms with Crippen molar-refractivity contribution in [1.29, 1.82) is 0 Å². The van der Waals surface area contributed by atoms with E-state index in [1.807, 2.05) is 13.8 Å². The van der Waals surface area contributed by atoms with Gasteiger partial charge in [-0.1, -0.05) is 12.1 Å². The van der Waals surface area contributed by atoms with Gasteiger partial charge in [0.2, 0.25) is 0 Å². The molecule has 0 fully saturated rings. The molecule has 0 atom stereocenters. The Balaban J connectivity index is 2.44. The van der Waals surface area contributed by atoms with Crippen LogP contribution in [0.25, 0.3) is 5.57 Å². The van der Waals surface area contributed by atoms with E-state index in [9.17, 15) is 4.39 Å². The fraction of sp³-hybridized carbons (Fsp3) is 0.286. The average Bonchev–Trinajstić information content (AvgIpc) is 3.01. The molecule has 0 saturated carbocycles. The van der Waals surface area contributed by atoms with E-state index in [2.05, 4.69) is 44.0 Å². The van der Waals surface area contributed by atoms with Gasteiger partial charge in [0.1, 0.15) is 5.82 Å². The number of nitrogens with one attached hydrogen (secondary N) is 4. The lowest BCUT2D eigenvalue weighted by Gasteiger charge is -2.15. The van der Waals surface area contributed by atoms with E-state index in [-0.39, 0.29) is 5.82 Å². The SMILES string of the molecule is CNC(=S)/N=C/C(=C(/C)NNC(=S)NC)c1cc(C)n(Cc2ccc(F)cc2)c1C. The molecule has 0 aliphatic carbocycles. The number of aliphatic imine (C=N–C) groups is 1. The molecule has 1 heterocycles. The quantitative estimate of drug-likeness (QED) is 0.311. The van der Waals surface area contributed by atoms with E-state index in [1.165, 1.54) is 12.1 Å². The first-order valence-electron chi connectivity index (χ1n) is 9.38.